The highest BCUT2D eigenvalue weighted by Gasteiger charge is 2.43. The first-order chi connectivity index (χ1) is 17.2. The maximum absolute atomic E-state index is 13.5. The lowest BCUT2D eigenvalue weighted by Crippen LogP contribution is -2.30. The minimum Gasteiger partial charge on any atom is -0.491 e. The molecule has 0 spiro atoms. The third kappa shape index (κ3) is 4.60. The third-order valence-electron chi connectivity index (χ3n) is 6.10. The number of nitrogens with zero attached hydrogens (tertiary/aromatic N) is 5. The molecule has 1 fully saturated rings. The first kappa shape index (κ1) is 24.0. The Morgan fingerprint density at radius 1 is 1.14 bits per heavy atom. The average molecular weight is 503 g/mol. The highest BCUT2D eigenvalue weighted by atomic mass is 19.4. The summed E-state index contributed by atoms with van der Waals surface area (Å²) in [6, 6.07) is 3.49. The minimum atomic E-state index is -4.44. The first-order valence-electron chi connectivity index (χ1n) is 11.3. The number of aryl methyl sites for hydroxylation is 1. The van der Waals surface area contributed by atoms with Crippen molar-refractivity contribution in [1.82, 2.24) is 19.7 Å². The molecular formula is C24H24F3N5O4. The van der Waals surface area contributed by atoms with Gasteiger partial charge in [0.25, 0.3) is 11.8 Å². The van der Waals surface area contributed by atoms with Gasteiger partial charge in [-0.15, -0.1) is 0 Å². The van der Waals surface area contributed by atoms with Crippen LogP contribution in [0.1, 0.15) is 40.7 Å². The number of carbonyl (C=O) groups is 1. The van der Waals surface area contributed by atoms with E-state index in [-0.39, 0.29) is 5.69 Å². The van der Waals surface area contributed by atoms with Crippen molar-refractivity contribution < 1.29 is 32.2 Å². The number of alkyl halides is 3. The second kappa shape index (κ2) is 9.08. The number of hydrogen-bond acceptors (Lipinski definition) is 7. The van der Waals surface area contributed by atoms with Gasteiger partial charge in [-0.2, -0.15) is 18.3 Å². The number of fused-ring (bicyclic) bond motifs is 1. The largest absolute Gasteiger partial charge is 0.491 e. The molecule has 2 aliphatic rings. The van der Waals surface area contributed by atoms with E-state index in [2.05, 4.69) is 10.1 Å². The molecule has 1 amide bonds. The minimum absolute atomic E-state index is 0.205. The molecule has 1 aliphatic heterocycles. The highest BCUT2D eigenvalue weighted by Crippen LogP contribution is 2.42. The van der Waals surface area contributed by atoms with Crippen LogP contribution in [-0.4, -0.2) is 52.7 Å². The number of anilines is 1. The van der Waals surface area contributed by atoms with E-state index in [0.717, 1.165) is 17.5 Å². The van der Waals surface area contributed by atoms with Gasteiger partial charge < -0.3 is 14.2 Å². The fourth-order valence-corrected chi connectivity index (χ4v) is 4.19. The Hall–Kier alpha value is -3.67. The first-order valence-corrected chi connectivity index (χ1v) is 11.3. The van der Waals surface area contributed by atoms with E-state index >= 15 is 0 Å². The van der Waals surface area contributed by atoms with Crippen LogP contribution in [-0.2, 0) is 11.3 Å². The van der Waals surface area contributed by atoms with Crippen LogP contribution >= 0.6 is 0 Å². The molecule has 5 rings (SSSR count). The number of amides is 1. The average Bonchev–Trinajstić information content (AvgIpc) is 3.49. The van der Waals surface area contributed by atoms with Crippen molar-refractivity contribution in [3.05, 3.63) is 47.5 Å². The second-order valence-corrected chi connectivity index (χ2v) is 8.84. The maximum Gasteiger partial charge on any atom is 0.408 e. The summed E-state index contributed by atoms with van der Waals surface area (Å²) >= 11 is 0. The van der Waals surface area contributed by atoms with Crippen molar-refractivity contribution in [2.45, 2.75) is 38.7 Å². The predicted octanol–water partition coefficient (Wildman–Crippen LogP) is 4.31. The van der Waals surface area contributed by atoms with E-state index in [0.29, 0.717) is 52.2 Å². The SMILES string of the molecule is COc1cc(-c2cc(C)c3c(n2)C(OCC2CC2)N(c2cnn(CC(F)(F)F)c2)C3=O)cnc1OC. The molecule has 9 nitrogen and oxygen atoms in total. The summed E-state index contributed by atoms with van der Waals surface area (Å²) in [6.07, 6.45) is 0.733. The molecule has 36 heavy (non-hydrogen) atoms. The topological polar surface area (TPSA) is 91.6 Å². The van der Waals surface area contributed by atoms with Gasteiger partial charge in [0, 0.05) is 18.0 Å². The smallest absolute Gasteiger partial charge is 0.408 e. The Morgan fingerprint density at radius 3 is 2.58 bits per heavy atom. The van der Waals surface area contributed by atoms with Gasteiger partial charge in [-0.25, -0.2) is 9.97 Å². The number of carbonyl (C=O) groups excluding carboxylic acids is 1. The van der Waals surface area contributed by atoms with Crippen LogP contribution in [0.3, 0.4) is 0 Å². The standard InChI is InChI=1S/C24H24F3N5O4/c1-13-6-17(15-7-18(34-2)21(35-3)28-8-15)30-20-19(13)22(33)32(23(20)36-11-14-4-5-14)16-9-29-31(10-16)12-24(25,26)27/h6-10,14,23H,4-5,11-12H2,1-3H3. The Labute approximate surface area is 204 Å². The summed E-state index contributed by atoms with van der Waals surface area (Å²) < 4.78 is 56.1. The van der Waals surface area contributed by atoms with Crippen LogP contribution in [0.5, 0.6) is 11.6 Å². The summed E-state index contributed by atoms with van der Waals surface area (Å²) in [5.74, 6) is 0.728. The van der Waals surface area contributed by atoms with Gasteiger partial charge in [-0.1, -0.05) is 0 Å². The fourth-order valence-electron chi connectivity index (χ4n) is 4.19. The second-order valence-electron chi connectivity index (χ2n) is 8.84. The molecule has 190 valence electrons. The third-order valence-corrected chi connectivity index (χ3v) is 6.10. The molecule has 3 aromatic rings. The van der Waals surface area contributed by atoms with Crippen molar-refractivity contribution >= 4 is 11.6 Å². The number of hydrogen-bond donors (Lipinski definition) is 0. The van der Waals surface area contributed by atoms with Crippen molar-refractivity contribution in [1.29, 1.82) is 0 Å². The fraction of sp³-hybridized carbons (Fsp3) is 0.417. The van der Waals surface area contributed by atoms with Crippen LogP contribution in [0.4, 0.5) is 18.9 Å². The van der Waals surface area contributed by atoms with Crippen molar-refractivity contribution in [2.24, 2.45) is 5.92 Å². The molecule has 3 aromatic heterocycles. The molecule has 4 heterocycles. The molecule has 1 unspecified atom stereocenters. The quantitative estimate of drug-likeness (QED) is 0.452. The molecule has 0 bridgehead atoms. The van der Waals surface area contributed by atoms with Gasteiger partial charge in [0.2, 0.25) is 0 Å². The predicted molar refractivity (Wildman–Crippen MR) is 122 cm³/mol. The molecule has 0 aromatic carbocycles. The molecule has 12 heteroatoms. The number of methoxy groups -OCH3 is 2. The summed E-state index contributed by atoms with van der Waals surface area (Å²) in [5, 5.41) is 3.80. The lowest BCUT2D eigenvalue weighted by molar-refractivity contribution is -0.142. The van der Waals surface area contributed by atoms with Crippen molar-refractivity contribution in [3.8, 4) is 22.9 Å². The summed E-state index contributed by atoms with van der Waals surface area (Å²) in [4.78, 5) is 23.9. The Balaban J connectivity index is 1.55. The summed E-state index contributed by atoms with van der Waals surface area (Å²) in [7, 11) is 2.99. The summed E-state index contributed by atoms with van der Waals surface area (Å²) in [6.45, 7) is 0.932. The van der Waals surface area contributed by atoms with Crippen molar-refractivity contribution in [2.75, 3.05) is 25.7 Å². The zero-order valence-electron chi connectivity index (χ0n) is 19.9. The van der Waals surface area contributed by atoms with Crippen LogP contribution in [0, 0.1) is 12.8 Å². The van der Waals surface area contributed by atoms with E-state index in [9.17, 15) is 18.0 Å². The van der Waals surface area contributed by atoms with E-state index in [1.165, 1.54) is 31.5 Å². The Morgan fingerprint density at radius 2 is 1.92 bits per heavy atom. The van der Waals surface area contributed by atoms with Gasteiger partial charge in [0.1, 0.15) is 12.2 Å². The molecule has 1 aliphatic carbocycles. The highest BCUT2D eigenvalue weighted by molar-refractivity contribution is 6.11. The van der Waals surface area contributed by atoms with Gasteiger partial charge in [-0.3, -0.25) is 14.4 Å². The molecule has 1 atom stereocenters. The maximum atomic E-state index is 13.5. The Kier molecular flexibility index (Phi) is 6.07. The number of rotatable bonds is 8. The molecular weight excluding hydrogens is 479 g/mol. The molecule has 1 saturated carbocycles. The zero-order valence-corrected chi connectivity index (χ0v) is 19.9. The van der Waals surface area contributed by atoms with Crippen LogP contribution in [0.15, 0.2) is 30.7 Å². The van der Waals surface area contributed by atoms with Crippen molar-refractivity contribution in [3.63, 3.8) is 0 Å². The number of halogens is 3. The summed E-state index contributed by atoms with van der Waals surface area (Å²) in [5.41, 5.74) is 2.80. The normalized spacial score (nSPS) is 17.4. The number of pyridine rings is 2. The van der Waals surface area contributed by atoms with E-state index in [4.69, 9.17) is 19.2 Å². The number of aromatic nitrogens is 4. The number of ether oxygens (including phenoxy) is 3. The molecule has 0 radical (unpaired) electrons. The molecule has 0 N–H and O–H groups in total. The molecule has 0 saturated heterocycles. The van der Waals surface area contributed by atoms with Gasteiger partial charge >= 0.3 is 6.18 Å². The lowest BCUT2D eigenvalue weighted by atomic mass is 10.0. The van der Waals surface area contributed by atoms with E-state index < -0.39 is 24.9 Å². The van der Waals surface area contributed by atoms with Gasteiger partial charge in [0.15, 0.2) is 12.0 Å². The van der Waals surface area contributed by atoms with Gasteiger partial charge in [0.05, 0.1) is 44.0 Å². The van der Waals surface area contributed by atoms with Crippen LogP contribution in [0.2, 0.25) is 0 Å². The monoisotopic (exact) mass is 503 g/mol. The Bertz CT molecular complexity index is 1310. The van der Waals surface area contributed by atoms with E-state index in [1.807, 2.05) is 0 Å². The van der Waals surface area contributed by atoms with E-state index in [1.54, 1.807) is 25.3 Å². The van der Waals surface area contributed by atoms with Crippen LogP contribution < -0.4 is 14.4 Å². The van der Waals surface area contributed by atoms with Gasteiger partial charge in [-0.05, 0) is 43.4 Å². The lowest BCUT2D eigenvalue weighted by Gasteiger charge is -2.23. The van der Waals surface area contributed by atoms with Crippen LogP contribution in [0.25, 0.3) is 11.3 Å². The zero-order chi connectivity index (χ0) is 25.6.